The van der Waals surface area contributed by atoms with Crippen molar-refractivity contribution in [2.75, 3.05) is 49.2 Å². The molecule has 0 unspecified atom stereocenters. The number of rotatable bonds is 18. The van der Waals surface area contributed by atoms with Gasteiger partial charge in [0.15, 0.2) is 0 Å². The van der Waals surface area contributed by atoms with Crippen LogP contribution in [0.4, 0.5) is 11.4 Å². The molecule has 2 aromatic carbocycles. The average Bonchev–Trinajstić information content (AvgIpc) is 3.07. The quantitative estimate of drug-likeness (QED) is 0.0862. The van der Waals surface area contributed by atoms with Crippen LogP contribution in [0.3, 0.4) is 0 Å². The molecule has 0 saturated heterocycles. The van der Waals surface area contributed by atoms with Gasteiger partial charge >= 0.3 is 11.9 Å². The smallest absolute Gasteiger partial charge is 0.348 e. The highest BCUT2D eigenvalue weighted by Crippen LogP contribution is 2.19. The van der Waals surface area contributed by atoms with E-state index in [9.17, 15) is 20.1 Å². The zero-order chi connectivity index (χ0) is 32.9. The minimum Gasteiger partial charge on any atom is -0.462 e. The first-order valence-corrected chi connectivity index (χ1v) is 14.9. The van der Waals surface area contributed by atoms with Crippen molar-refractivity contribution in [3.63, 3.8) is 0 Å². The summed E-state index contributed by atoms with van der Waals surface area (Å²) in [5, 5.41) is 36.5. The molecule has 10 nitrogen and oxygen atoms in total. The second kappa shape index (κ2) is 20.3. The number of hydrogen-bond donors (Lipinski definition) is 0. The normalized spacial score (nSPS) is 10.9. The number of carbonyl (C=O) groups excluding carboxylic acids is 2. The van der Waals surface area contributed by atoms with Crippen LogP contribution < -0.4 is 9.80 Å². The Morgan fingerprint density at radius 1 is 0.644 bits per heavy atom. The Morgan fingerprint density at radius 2 is 1.02 bits per heavy atom. The van der Waals surface area contributed by atoms with Crippen LogP contribution in [0.15, 0.2) is 59.7 Å². The number of ether oxygens (including phenoxy) is 2. The van der Waals surface area contributed by atoms with Crippen molar-refractivity contribution < 1.29 is 19.1 Å². The lowest BCUT2D eigenvalue weighted by Gasteiger charge is -2.21. The fourth-order valence-electron chi connectivity index (χ4n) is 4.35. The summed E-state index contributed by atoms with van der Waals surface area (Å²) in [7, 11) is 0. The van der Waals surface area contributed by atoms with Crippen molar-refractivity contribution in [2.45, 2.75) is 46.0 Å². The maximum atomic E-state index is 12.4. The molecule has 0 bridgehead atoms. The van der Waals surface area contributed by atoms with Gasteiger partial charge in [-0.15, -0.1) is 0 Å². The average molecular weight is 607 g/mol. The van der Waals surface area contributed by atoms with Crippen LogP contribution in [-0.4, -0.2) is 51.3 Å². The zero-order valence-electron chi connectivity index (χ0n) is 25.9. The van der Waals surface area contributed by atoms with Crippen molar-refractivity contribution in [3.05, 3.63) is 70.8 Å². The molecule has 0 amide bonds. The SMILES string of the molecule is CCN(CCC#N)c1ccc(/C=C(\C#N)C(=O)OCCCCCOC(=O)/C(C#N)=C/c2ccc(N(CC)CCC#N)cc2)cc1. The van der Waals surface area contributed by atoms with Crippen molar-refractivity contribution in [2.24, 2.45) is 0 Å². The Labute approximate surface area is 265 Å². The molecule has 0 aromatic heterocycles. The first-order valence-electron chi connectivity index (χ1n) is 14.9. The molecule has 0 aliphatic carbocycles. The van der Waals surface area contributed by atoms with Gasteiger partial charge in [0.25, 0.3) is 0 Å². The van der Waals surface area contributed by atoms with Crippen LogP contribution in [0, 0.1) is 45.3 Å². The van der Waals surface area contributed by atoms with Crippen LogP contribution in [0.2, 0.25) is 0 Å². The third kappa shape index (κ3) is 12.3. The summed E-state index contributed by atoms with van der Waals surface area (Å²) in [6, 6.07) is 22.8. The highest BCUT2D eigenvalue weighted by atomic mass is 16.5. The van der Waals surface area contributed by atoms with Gasteiger partial charge in [-0.3, -0.25) is 0 Å². The van der Waals surface area contributed by atoms with Gasteiger partial charge in [0.05, 0.1) is 38.2 Å². The molecule has 0 fully saturated rings. The third-order valence-electron chi connectivity index (χ3n) is 6.82. The lowest BCUT2D eigenvalue weighted by molar-refractivity contribution is -0.138. The number of esters is 2. The zero-order valence-corrected chi connectivity index (χ0v) is 25.9. The van der Waals surface area contributed by atoms with Crippen molar-refractivity contribution in [3.8, 4) is 24.3 Å². The molecule has 0 N–H and O–H groups in total. The van der Waals surface area contributed by atoms with Gasteiger partial charge in [-0.25, -0.2) is 9.59 Å². The molecule has 0 radical (unpaired) electrons. The van der Waals surface area contributed by atoms with E-state index in [2.05, 4.69) is 21.9 Å². The van der Waals surface area contributed by atoms with Crippen LogP contribution >= 0.6 is 0 Å². The third-order valence-corrected chi connectivity index (χ3v) is 6.82. The minimum atomic E-state index is -0.710. The molecular weight excluding hydrogens is 568 g/mol. The summed E-state index contributed by atoms with van der Waals surface area (Å²) in [6.45, 7) is 7.00. The van der Waals surface area contributed by atoms with Crippen molar-refractivity contribution >= 4 is 35.5 Å². The summed E-state index contributed by atoms with van der Waals surface area (Å²) in [5.41, 5.74) is 3.05. The molecule has 2 rings (SSSR count). The molecule has 0 aliphatic rings. The second-order valence-electron chi connectivity index (χ2n) is 9.83. The summed E-state index contributed by atoms with van der Waals surface area (Å²) >= 11 is 0. The molecular formula is C35H38N6O4. The van der Waals surface area contributed by atoms with Gasteiger partial charge < -0.3 is 19.3 Å². The number of nitrogens with zero attached hydrogens (tertiary/aromatic N) is 6. The predicted octanol–water partition coefficient (Wildman–Crippen LogP) is 5.94. The highest BCUT2D eigenvalue weighted by molar-refractivity contribution is 5.98. The van der Waals surface area contributed by atoms with E-state index >= 15 is 0 Å². The number of carbonyl (C=O) groups is 2. The molecule has 0 aliphatic heterocycles. The van der Waals surface area contributed by atoms with E-state index in [1.54, 1.807) is 24.3 Å². The Bertz CT molecular complexity index is 1370. The van der Waals surface area contributed by atoms with E-state index in [0.29, 0.717) is 56.3 Å². The fraction of sp³-hybridized carbons (Fsp3) is 0.371. The Balaban J connectivity index is 1.77. The Morgan fingerprint density at radius 3 is 1.33 bits per heavy atom. The second-order valence-corrected chi connectivity index (χ2v) is 9.83. The van der Waals surface area contributed by atoms with Gasteiger partial charge in [-0.05, 0) is 80.7 Å². The van der Waals surface area contributed by atoms with Gasteiger partial charge in [-0.1, -0.05) is 24.3 Å². The largest absolute Gasteiger partial charge is 0.462 e. The first-order chi connectivity index (χ1) is 21.9. The number of hydrogen-bond acceptors (Lipinski definition) is 10. The Hall–Kier alpha value is -5.58. The van der Waals surface area contributed by atoms with Crippen LogP contribution in [-0.2, 0) is 19.1 Å². The summed E-state index contributed by atoms with van der Waals surface area (Å²) in [4.78, 5) is 28.9. The van der Waals surface area contributed by atoms with Crippen molar-refractivity contribution in [1.82, 2.24) is 0 Å². The van der Waals surface area contributed by atoms with E-state index in [1.165, 1.54) is 12.2 Å². The van der Waals surface area contributed by atoms with Crippen LogP contribution in [0.25, 0.3) is 12.2 Å². The number of benzene rings is 2. The molecule has 0 atom stereocenters. The first kappa shape index (κ1) is 35.6. The van der Waals surface area contributed by atoms with E-state index in [4.69, 9.17) is 20.0 Å². The van der Waals surface area contributed by atoms with E-state index < -0.39 is 11.9 Å². The van der Waals surface area contributed by atoms with E-state index in [-0.39, 0.29) is 24.4 Å². The summed E-state index contributed by atoms with van der Waals surface area (Å²) in [6.07, 6.45) is 5.44. The molecule has 45 heavy (non-hydrogen) atoms. The van der Waals surface area contributed by atoms with Crippen LogP contribution in [0.5, 0.6) is 0 Å². The van der Waals surface area contributed by atoms with Crippen molar-refractivity contribution in [1.29, 1.82) is 21.0 Å². The number of nitriles is 4. The lowest BCUT2D eigenvalue weighted by atomic mass is 10.1. The molecule has 0 saturated carbocycles. The summed E-state index contributed by atoms with van der Waals surface area (Å²) in [5.74, 6) is -1.42. The van der Waals surface area contributed by atoms with E-state index in [0.717, 1.165) is 24.5 Å². The van der Waals surface area contributed by atoms with Gasteiger partial charge in [0, 0.05) is 37.6 Å². The Kier molecular flexibility index (Phi) is 16.1. The van der Waals surface area contributed by atoms with Gasteiger partial charge in [0.1, 0.15) is 23.3 Å². The molecule has 232 valence electrons. The predicted molar refractivity (Wildman–Crippen MR) is 172 cm³/mol. The number of anilines is 2. The minimum absolute atomic E-state index is 0.111. The molecule has 10 heteroatoms. The molecule has 0 spiro atoms. The fourth-order valence-corrected chi connectivity index (χ4v) is 4.35. The maximum absolute atomic E-state index is 12.4. The van der Waals surface area contributed by atoms with Gasteiger partial charge in [0.2, 0.25) is 0 Å². The highest BCUT2D eigenvalue weighted by Gasteiger charge is 2.13. The topological polar surface area (TPSA) is 154 Å². The lowest BCUT2D eigenvalue weighted by Crippen LogP contribution is -2.23. The molecule has 2 aromatic rings. The molecule has 0 heterocycles. The van der Waals surface area contributed by atoms with E-state index in [1.807, 2.05) is 50.3 Å². The van der Waals surface area contributed by atoms with Gasteiger partial charge in [-0.2, -0.15) is 21.0 Å². The summed E-state index contributed by atoms with van der Waals surface area (Å²) < 4.78 is 10.5. The monoisotopic (exact) mass is 606 g/mol. The number of unbranched alkanes of at least 4 members (excludes halogenated alkanes) is 2. The van der Waals surface area contributed by atoms with Crippen LogP contribution in [0.1, 0.15) is 57.1 Å². The standard InChI is InChI=1S/C35H38N6O4/c1-3-40(20-8-18-36)32-14-10-28(11-15-32)24-30(26-38)34(42)44-22-6-5-7-23-45-35(43)31(27-39)25-29-12-16-33(17-13-29)41(4-2)21-9-19-37/h10-17,24-25H,3-9,20-23H2,1-2H3/b30-24+,31-25+. The maximum Gasteiger partial charge on any atom is 0.348 e.